The zero-order chi connectivity index (χ0) is 13.8. The zero-order valence-electron chi connectivity index (χ0n) is 11.1. The highest BCUT2D eigenvalue weighted by Crippen LogP contribution is 2.35. The van der Waals surface area contributed by atoms with Crippen LogP contribution >= 0.6 is 11.8 Å². The highest BCUT2D eigenvalue weighted by Gasteiger charge is 2.19. The highest BCUT2D eigenvalue weighted by atomic mass is 32.2. The fourth-order valence-corrected chi connectivity index (χ4v) is 3.52. The Morgan fingerprint density at radius 2 is 2.00 bits per heavy atom. The van der Waals surface area contributed by atoms with Gasteiger partial charge in [0, 0.05) is 17.2 Å². The molecule has 0 fully saturated rings. The van der Waals surface area contributed by atoms with Gasteiger partial charge in [-0.15, -0.1) is 11.8 Å². The second-order valence-electron chi connectivity index (χ2n) is 4.93. The third kappa shape index (κ3) is 3.15. The van der Waals surface area contributed by atoms with Gasteiger partial charge in [-0.05, 0) is 48.2 Å². The minimum atomic E-state index is 0.462. The number of rotatable bonds is 4. The van der Waals surface area contributed by atoms with Crippen molar-refractivity contribution >= 4 is 11.8 Å². The summed E-state index contributed by atoms with van der Waals surface area (Å²) in [5.41, 5.74) is 3.58. The number of hydrogen-bond donors (Lipinski definition) is 2. The Labute approximate surface area is 122 Å². The summed E-state index contributed by atoms with van der Waals surface area (Å²) < 4.78 is 5.87. The molecule has 20 heavy (non-hydrogen) atoms. The molecule has 0 aromatic heterocycles. The third-order valence-corrected chi connectivity index (χ3v) is 4.72. The number of fused-ring (bicyclic) bond motifs is 1. The van der Waals surface area contributed by atoms with Gasteiger partial charge in [0.05, 0.1) is 0 Å². The van der Waals surface area contributed by atoms with Crippen LogP contribution in [0.5, 0.6) is 11.5 Å². The van der Waals surface area contributed by atoms with Crippen molar-refractivity contribution in [2.45, 2.75) is 11.3 Å². The molecular weight excluding hydrogens is 270 g/mol. The van der Waals surface area contributed by atoms with Crippen LogP contribution in [0.15, 0.2) is 53.4 Å². The van der Waals surface area contributed by atoms with Crippen molar-refractivity contribution in [2.24, 2.45) is 5.92 Å². The molecule has 1 aliphatic rings. The largest absolute Gasteiger partial charge is 0.457 e. The van der Waals surface area contributed by atoms with Crippen molar-refractivity contribution in [1.82, 2.24) is 5.48 Å². The van der Waals surface area contributed by atoms with Crippen molar-refractivity contribution in [3.8, 4) is 11.5 Å². The molecule has 104 valence electrons. The first kappa shape index (κ1) is 13.5. The smallest absolute Gasteiger partial charge is 0.127 e. The van der Waals surface area contributed by atoms with Crippen LogP contribution in [0.1, 0.15) is 5.56 Å². The van der Waals surface area contributed by atoms with E-state index in [0.29, 0.717) is 12.5 Å². The summed E-state index contributed by atoms with van der Waals surface area (Å²) in [4.78, 5) is 1.32. The number of nitrogens with one attached hydrogen (secondary N) is 1. The normalized spacial score (nSPS) is 17.6. The molecule has 2 aromatic carbocycles. The lowest BCUT2D eigenvalue weighted by Crippen LogP contribution is -2.25. The number of thioether (sulfide) groups is 1. The molecule has 0 radical (unpaired) electrons. The second kappa shape index (κ2) is 6.31. The summed E-state index contributed by atoms with van der Waals surface area (Å²) in [6.45, 7) is 0.635. The Bertz CT molecular complexity index is 574. The average Bonchev–Trinajstić information content (AvgIpc) is 2.48. The van der Waals surface area contributed by atoms with E-state index in [-0.39, 0.29) is 0 Å². The van der Waals surface area contributed by atoms with E-state index >= 15 is 0 Å². The SMILES string of the molecule is ONCC1CSc2ccc(Oc3ccccc3)cc2C1. The molecule has 0 saturated carbocycles. The van der Waals surface area contributed by atoms with Gasteiger partial charge in [0.2, 0.25) is 0 Å². The van der Waals surface area contributed by atoms with Crippen LogP contribution in [0, 0.1) is 5.92 Å². The third-order valence-electron chi connectivity index (χ3n) is 3.37. The van der Waals surface area contributed by atoms with Crippen LogP contribution < -0.4 is 10.2 Å². The van der Waals surface area contributed by atoms with Crippen molar-refractivity contribution in [1.29, 1.82) is 0 Å². The van der Waals surface area contributed by atoms with Crippen LogP contribution in [0.4, 0.5) is 0 Å². The van der Waals surface area contributed by atoms with E-state index in [1.54, 1.807) is 0 Å². The van der Waals surface area contributed by atoms with E-state index < -0.39 is 0 Å². The van der Waals surface area contributed by atoms with Gasteiger partial charge in [0.15, 0.2) is 0 Å². The van der Waals surface area contributed by atoms with Gasteiger partial charge in [-0.2, -0.15) is 0 Å². The van der Waals surface area contributed by atoms with E-state index in [0.717, 1.165) is 23.7 Å². The van der Waals surface area contributed by atoms with Crippen LogP contribution in [0.25, 0.3) is 0 Å². The number of para-hydroxylation sites is 1. The van der Waals surface area contributed by atoms with E-state index in [1.807, 2.05) is 48.2 Å². The van der Waals surface area contributed by atoms with Crippen LogP contribution in [-0.4, -0.2) is 17.5 Å². The summed E-state index contributed by atoms with van der Waals surface area (Å²) in [6, 6.07) is 16.1. The maximum atomic E-state index is 8.83. The van der Waals surface area contributed by atoms with E-state index in [1.165, 1.54) is 10.5 Å². The fraction of sp³-hybridized carbons (Fsp3) is 0.250. The van der Waals surface area contributed by atoms with Gasteiger partial charge in [0.1, 0.15) is 11.5 Å². The van der Waals surface area contributed by atoms with Crippen molar-refractivity contribution in [3.05, 3.63) is 54.1 Å². The van der Waals surface area contributed by atoms with Crippen LogP contribution in [-0.2, 0) is 6.42 Å². The molecule has 3 rings (SSSR count). The standard InChI is InChI=1S/C16H17NO2S/c18-17-10-12-8-13-9-15(6-7-16(13)20-11-12)19-14-4-2-1-3-5-14/h1-7,9,12,17-18H,8,10-11H2. The summed E-state index contributed by atoms with van der Waals surface area (Å²) in [5, 5.41) is 8.83. The lowest BCUT2D eigenvalue weighted by atomic mass is 10.0. The molecule has 2 N–H and O–H groups in total. The van der Waals surface area contributed by atoms with Gasteiger partial charge in [-0.3, -0.25) is 0 Å². The lowest BCUT2D eigenvalue weighted by molar-refractivity contribution is 0.152. The first-order chi connectivity index (χ1) is 9.85. The minimum absolute atomic E-state index is 0.462. The Morgan fingerprint density at radius 3 is 2.80 bits per heavy atom. The number of ether oxygens (including phenoxy) is 1. The molecule has 0 bridgehead atoms. The Morgan fingerprint density at radius 1 is 1.15 bits per heavy atom. The Balaban J connectivity index is 1.77. The Hall–Kier alpha value is -1.49. The molecule has 1 aliphatic heterocycles. The van der Waals surface area contributed by atoms with Crippen LogP contribution in [0.2, 0.25) is 0 Å². The van der Waals surface area contributed by atoms with Crippen LogP contribution in [0.3, 0.4) is 0 Å². The minimum Gasteiger partial charge on any atom is -0.457 e. The number of hydroxylamine groups is 1. The molecule has 0 amide bonds. The summed E-state index contributed by atoms with van der Waals surface area (Å²) >= 11 is 1.85. The van der Waals surface area contributed by atoms with Gasteiger partial charge in [0.25, 0.3) is 0 Å². The first-order valence-corrected chi connectivity index (χ1v) is 7.69. The maximum Gasteiger partial charge on any atom is 0.127 e. The first-order valence-electron chi connectivity index (χ1n) is 6.71. The van der Waals surface area contributed by atoms with E-state index in [4.69, 9.17) is 9.94 Å². The van der Waals surface area contributed by atoms with E-state index in [9.17, 15) is 0 Å². The van der Waals surface area contributed by atoms with E-state index in [2.05, 4.69) is 17.6 Å². The van der Waals surface area contributed by atoms with Crippen molar-refractivity contribution in [2.75, 3.05) is 12.3 Å². The predicted octanol–water partition coefficient (Wildman–Crippen LogP) is 3.72. The Kier molecular flexibility index (Phi) is 4.25. The molecule has 1 heterocycles. The molecule has 4 heteroatoms. The number of benzene rings is 2. The van der Waals surface area contributed by atoms with Crippen molar-refractivity contribution < 1.29 is 9.94 Å². The molecule has 0 aliphatic carbocycles. The fourth-order valence-electron chi connectivity index (χ4n) is 2.38. The molecular formula is C16H17NO2S. The maximum absolute atomic E-state index is 8.83. The monoisotopic (exact) mass is 287 g/mol. The van der Waals surface area contributed by atoms with Gasteiger partial charge in [-0.25, -0.2) is 5.48 Å². The topological polar surface area (TPSA) is 41.5 Å². The lowest BCUT2D eigenvalue weighted by Gasteiger charge is -2.24. The van der Waals surface area contributed by atoms with Crippen molar-refractivity contribution in [3.63, 3.8) is 0 Å². The summed E-state index contributed by atoms with van der Waals surface area (Å²) in [5.74, 6) is 3.22. The molecule has 0 spiro atoms. The molecule has 1 unspecified atom stereocenters. The van der Waals surface area contributed by atoms with Gasteiger partial charge >= 0.3 is 0 Å². The van der Waals surface area contributed by atoms with Gasteiger partial charge in [-0.1, -0.05) is 18.2 Å². The highest BCUT2D eigenvalue weighted by molar-refractivity contribution is 7.99. The van der Waals surface area contributed by atoms with Gasteiger partial charge < -0.3 is 9.94 Å². The zero-order valence-corrected chi connectivity index (χ0v) is 11.9. The molecule has 2 aromatic rings. The second-order valence-corrected chi connectivity index (χ2v) is 5.99. The number of hydrogen-bond acceptors (Lipinski definition) is 4. The molecule has 1 atom stereocenters. The summed E-state index contributed by atoms with van der Waals surface area (Å²) in [6.07, 6.45) is 0.974. The molecule has 0 saturated heterocycles. The average molecular weight is 287 g/mol. The molecule has 3 nitrogen and oxygen atoms in total. The summed E-state index contributed by atoms with van der Waals surface area (Å²) in [7, 11) is 0. The quantitative estimate of drug-likeness (QED) is 0.841. The predicted molar refractivity (Wildman–Crippen MR) is 80.7 cm³/mol.